The highest BCUT2D eigenvalue weighted by Gasteiger charge is 2.43. The Kier molecular flexibility index (Phi) is 5.43. The summed E-state index contributed by atoms with van der Waals surface area (Å²) in [7, 11) is 0. The van der Waals surface area contributed by atoms with Gasteiger partial charge in [0.2, 0.25) is 0 Å². The quantitative estimate of drug-likeness (QED) is 0.695. The Hall–Kier alpha value is -2.64. The maximum atomic E-state index is 13.0. The zero-order valence-electron chi connectivity index (χ0n) is 15.9. The molecule has 0 aliphatic carbocycles. The summed E-state index contributed by atoms with van der Waals surface area (Å²) in [5.74, 6) is 0.173. The van der Waals surface area contributed by atoms with Crippen LogP contribution in [0.5, 0.6) is 11.5 Å². The largest absolute Gasteiger partial charge is 0.493 e. The molecular weight excluding hydrogens is 379 g/mol. The van der Waals surface area contributed by atoms with Gasteiger partial charge in [-0.05, 0) is 42.0 Å². The molecule has 0 unspecified atom stereocenters. The Morgan fingerprint density at radius 3 is 1.83 bits per heavy atom. The van der Waals surface area contributed by atoms with Crippen LogP contribution in [-0.2, 0) is 19.7 Å². The van der Waals surface area contributed by atoms with Crippen molar-refractivity contribution in [3.8, 4) is 11.5 Å². The third kappa shape index (κ3) is 4.36. The number of carboxylic acids is 1. The summed E-state index contributed by atoms with van der Waals surface area (Å²) in [6, 6.07) is 13.4. The fourth-order valence-electron chi connectivity index (χ4n) is 3.52. The summed E-state index contributed by atoms with van der Waals surface area (Å²) in [6.07, 6.45) is 0.0500. The average Bonchev–Trinajstić information content (AvgIpc) is 2.65. The van der Waals surface area contributed by atoms with Crippen molar-refractivity contribution in [3.05, 3.63) is 59.9 Å². The molecule has 6 nitrogen and oxygen atoms in total. The molecule has 4 rings (SSSR count). The predicted molar refractivity (Wildman–Crippen MR) is 102 cm³/mol. The third-order valence-corrected chi connectivity index (χ3v) is 5.43. The van der Waals surface area contributed by atoms with Crippen LogP contribution >= 0.6 is 0 Å². The van der Waals surface area contributed by atoms with Crippen LogP contribution in [0.15, 0.2) is 48.5 Å². The average molecular weight is 402 g/mol. The van der Waals surface area contributed by atoms with E-state index >= 15 is 0 Å². The van der Waals surface area contributed by atoms with Crippen molar-refractivity contribution in [3.63, 3.8) is 0 Å². The van der Waals surface area contributed by atoms with Gasteiger partial charge in [-0.15, -0.1) is 0 Å². The fraction of sp³-hybridized carbons (Fsp3) is 0.409. The van der Waals surface area contributed by atoms with Gasteiger partial charge in [-0.3, -0.25) is 4.79 Å². The van der Waals surface area contributed by atoms with Gasteiger partial charge in [0.1, 0.15) is 30.5 Å². The normalized spacial score (nSPS) is 18.9. The summed E-state index contributed by atoms with van der Waals surface area (Å²) in [5.41, 5.74) is 0.246. The van der Waals surface area contributed by atoms with Gasteiger partial charge in [0.05, 0.1) is 43.7 Å². The molecule has 0 radical (unpaired) electrons. The zero-order valence-corrected chi connectivity index (χ0v) is 15.9. The van der Waals surface area contributed by atoms with Crippen molar-refractivity contribution >= 4 is 5.97 Å². The molecule has 1 N–H and O–H groups in total. The SMILES string of the molecule is O=C(O)CC1(c2ccc(OCC3(COc4ccc(F)cc4)COC3)cc2)COC1. The van der Waals surface area contributed by atoms with E-state index < -0.39 is 11.4 Å². The van der Waals surface area contributed by atoms with Gasteiger partial charge in [-0.1, -0.05) is 12.1 Å². The summed E-state index contributed by atoms with van der Waals surface area (Å²) in [6.45, 7) is 2.74. The lowest BCUT2D eigenvalue weighted by Crippen LogP contribution is -2.51. The lowest BCUT2D eigenvalue weighted by atomic mass is 9.76. The van der Waals surface area contributed by atoms with Crippen LogP contribution < -0.4 is 9.47 Å². The van der Waals surface area contributed by atoms with Crippen molar-refractivity contribution in [2.75, 3.05) is 39.6 Å². The summed E-state index contributed by atoms with van der Waals surface area (Å²) < 4.78 is 35.4. The Morgan fingerprint density at radius 2 is 1.41 bits per heavy atom. The second kappa shape index (κ2) is 8.00. The van der Waals surface area contributed by atoms with Crippen molar-refractivity contribution in [2.24, 2.45) is 5.41 Å². The molecule has 2 aromatic rings. The maximum Gasteiger partial charge on any atom is 0.304 e. The van der Waals surface area contributed by atoms with E-state index in [0.29, 0.717) is 51.1 Å². The molecule has 0 atom stereocenters. The van der Waals surface area contributed by atoms with Crippen LogP contribution in [0, 0.1) is 11.2 Å². The highest BCUT2D eigenvalue weighted by Crippen LogP contribution is 2.37. The third-order valence-electron chi connectivity index (χ3n) is 5.43. The Morgan fingerprint density at radius 1 is 0.897 bits per heavy atom. The second-order valence-corrected chi connectivity index (χ2v) is 7.89. The first-order valence-electron chi connectivity index (χ1n) is 9.48. The summed E-state index contributed by atoms with van der Waals surface area (Å²) in [5, 5.41) is 9.16. The van der Waals surface area contributed by atoms with E-state index in [4.69, 9.17) is 24.1 Å². The smallest absolute Gasteiger partial charge is 0.304 e. The van der Waals surface area contributed by atoms with E-state index in [-0.39, 0.29) is 17.7 Å². The molecule has 2 fully saturated rings. The number of ether oxygens (including phenoxy) is 4. The van der Waals surface area contributed by atoms with Gasteiger partial charge in [0.15, 0.2) is 0 Å². The van der Waals surface area contributed by atoms with Crippen molar-refractivity contribution in [1.82, 2.24) is 0 Å². The minimum absolute atomic E-state index is 0.0500. The van der Waals surface area contributed by atoms with E-state index in [0.717, 1.165) is 5.56 Å². The van der Waals surface area contributed by atoms with Crippen LogP contribution in [0.2, 0.25) is 0 Å². The van der Waals surface area contributed by atoms with Gasteiger partial charge in [0.25, 0.3) is 0 Å². The zero-order chi connectivity index (χ0) is 20.3. The molecule has 2 aliphatic heterocycles. The number of carboxylic acid groups (broad SMARTS) is 1. The molecule has 2 aliphatic rings. The number of rotatable bonds is 9. The lowest BCUT2D eigenvalue weighted by Gasteiger charge is -2.41. The molecule has 7 heteroatoms. The second-order valence-electron chi connectivity index (χ2n) is 7.89. The first-order valence-corrected chi connectivity index (χ1v) is 9.48. The highest BCUT2D eigenvalue weighted by molar-refractivity contribution is 5.69. The van der Waals surface area contributed by atoms with E-state index in [1.807, 2.05) is 24.3 Å². The Balaban J connectivity index is 1.34. The Bertz CT molecular complexity index is 841. The fourth-order valence-corrected chi connectivity index (χ4v) is 3.52. The molecule has 2 aromatic carbocycles. The minimum atomic E-state index is -0.832. The van der Waals surface area contributed by atoms with Crippen molar-refractivity contribution < 1.29 is 33.2 Å². The number of aliphatic carboxylic acids is 1. The molecule has 0 spiro atoms. The number of benzene rings is 2. The predicted octanol–water partition coefficient (Wildman–Crippen LogP) is 3.04. The number of halogens is 1. The van der Waals surface area contributed by atoms with Crippen LogP contribution in [-0.4, -0.2) is 50.7 Å². The lowest BCUT2D eigenvalue weighted by molar-refractivity contribution is -0.149. The molecule has 154 valence electrons. The molecule has 0 amide bonds. The molecule has 2 saturated heterocycles. The van der Waals surface area contributed by atoms with Crippen LogP contribution in [0.25, 0.3) is 0 Å². The molecule has 2 heterocycles. The monoisotopic (exact) mass is 402 g/mol. The molecular formula is C22H23FO6. The minimum Gasteiger partial charge on any atom is -0.493 e. The Labute approximate surface area is 168 Å². The van der Waals surface area contributed by atoms with Gasteiger partial charge < -0.3 is 24.1 Å². The first-order chi connectivity index (χ1) is 14.0. The van der Waals surface area contributed by atoms with E-state index in [9.17, 15) is 9.18 Å². The van der Waals surface area contributed by atoms with Gasteiger partial charge in [-0.2, -0.15) is 0 Å². The number of hydrogen-bond acceptors (Lipinski definition) is 5. The summed E-state index contributed by atoms with van der Waals surface area (Å²) >= 11 is 0. The first kappa shape index (κ1) is 19.7. The number of hydrogen-bond donors (Lipinski definition) is 1. The molecule has 29 heavy (non-hydrogen) atoms. The maximum absolute atomic E-state index is 13.0. The topological polar surface area (TPSA) is 74.2 Å². The van der Waals surface area contributed by atoms with Gasteiger partial charge in [0, 0.05) is 0 Å². The van der Waals surface area contributed by atoms with E-state index in [1.54, 1.807) is 12.1 Å². The summed E-state index contributed by atoms with van der Waals surface area (Å²) in [4.78, 5) is 11.2. The van der Waals surface area contributed by atoms with E-state index in [2.05, 4.69) is 0 Å². The molecule has 0 aromatic heterocycles. The van der Waals surface area contributed by atoms with Crippen LogP contribution in [0.1, 0.15) is 12.0 Å². The van der Waals surface area contributed by atoms with Gasteiger partial charge >= 0.3 is 5.97 Å². The molecule has 0 bridgehead atoms. The highest BCUT2D eigenvalue weighted by atomic mass is 19.1. The molecule has 0 saturated carbocycles. The number of carbonyl (C=O) groups is 1. The standard InChI is InChI=1S/C22H23FO6/c23-17-3-7-19(8-4-17)29-13-21(10-26-11-21)12-28-18-5-1-16(2-6-18)22(9-20(24)25)14-27-15-22/h1-8H,9-15H2,(H,24,25). The van der Waals surface area contributed by atoms with E-state index in [1.165, 1.54) is 12.1 Å². The van der Waals surface area contributed by atoms with Crippen molar-refractivity contribution in [2.45, 2.75) is 11.8 Å². The van der Waals surface area contributed by atoms with Crippen molar-refractivity contribution in [1.29, 1.82) is 0 Å². The van der Waals surface area contributed by atoms with Crippen LogP contribution in [0.4, 0.5) is 4.39 Å². The van der Waals surface area contributed by atoms with Gasteiger partial charge in [-0.25, -0.2) is 4.39 Å². The van der Waals surface area contributed by atoms with Crippen LogP contribution in [0.3, 0.4) is 0 Å².